The Hall–Kier alpha value is -1.59. The van der Waals surface area contributed by atoms with E-state index >= 15 is 0 Å². The molecular formula is C13H17ClN2O3. The number of carbonyl (C=O) groups is 2. The van der Waals surface area contributed by atoms with E-state index in [1.165, 1.54) is 6.92 Å². The fourth-order valence-corrected chi connectivity index (χ4v) is 1.65. The highest BCUT2D eigenvalue weighted by atomic mass is 35.5. The van der Waals surface area contributed by atoms with E-state index in [9.17, 15) is 9.59 Å². The minimum Gasteiger partial charge on any atom is -0.480 e. The lowest BCUT2D eigenvalue weighted by molar-refractivity contribution is -0.139. The number of carbonyl (C=O) groups excluding carboxylic acids is 1. The molecule has 6 heteroatoms. The van der Waals surface area contributed by atoms with Crippen LogP contribution in [0.2, 0.25) is 5.02 Å². The molecule has 0 saturated heterocycles. The maximum Gasteiger partial charge on any atom is 0.320 e. The second kappa shape index (κ2) is 7.76. The maximum absolute atomic E-state index is 11.4. The first-order chi connectivity index (χ1) is 8.99. The Morgan fingerprint density at radius 3 is 2.79 bits per heavy atom. The minimum absolute atomic E-state index is 0.0109. The summed E-state index contributed by atoms with van der Waals surface area (Å²) in [6, 6.07) is 6.69. The van der Waals surface area contributed by atoms with Crippen molar-refractivity contribution >= 4 is 23.5 Å². The first-order valence-corrected chi connectivity index (χ1v) is 6.34. The van der Waals surface area contributed by atoms with Gasteiger partial charge in [-0.15, -0.1) is 0 Å². The minimum atomic E-state index is -0.980. The first-order valence-electron chi connectivity index (χ1n) is 5.96. The number of aliphatic carboxylic acids is 1. The summed E-state index contributed by atoms with van der Waals surface area (Å²) in [6.45, 7) is 1.97. The van der Waals surface area contributed by atoms with Gasteiger partial charge in [-0.1, -0.05) is 23.7 Å². The lowest BCUT2D eigenvalue weighted by Gasteiger charge is -2.09. The van der Waals surface area contributed by atoms with Gasteiger partial charge in [0.05, 0.1) is 6.54 Å². The van der Waals surface area contributed by atoms with Crippen molar-refractivity contribution in [2.24, 2.45) is 0 Å². The highest BCUT2D eigenvalue weighted by Gasteiger charge is 2.11. The number of benzene rings is 1. The van der Waals surface area contributed by atoms with E-state index in [4.69, 9.17) is 16.7 Å². The molecule has 0 fully saturated rings. The Balaban J connectivity index is 2.22. The van der Waals surface area contributed by atoms with Crippen LogP contribution in [0, 0.1) is 0 Å². The standard InChI is InChI=1S/C13H17ClN2O3/c1-9(13(18)19)16-8-12(17)15-6-5-10-3-2-4-11(14)7-10/h2-4,7,9,16H,5-6,8H2,1H3,(H,15,17)(H,18,19)/t9-/m0/s1. The summed E-state index contributed by atoms with van der Waals surface area (Å²) in [6.07, 6.45) is 0.681. The molecular weight excluding hydrogens is 268 g/mol. The number of amides is 1. The van der Waals surface area contributed by atoms with E-state index in [2.05, 4.69) is 10.6 Å². The van der Waals surface area contributed by atoms with Crippen LogP contribution in [0.5, 0.6) is 0 Å². The van der Waals surface area contributed by atoms with Crippen molar-refractivity contribution in [3.8, 4) is 0 Å². The van der Waals surface area contributed by atoms with Crippen LogP contribution < -0.4 is 10.6 Å². The van der Waals surface area contributed by atoms with Crippen LogP contribution in [0.25, 0.3) is 0 Å². The maximum atomic E-state index is 11.4. The third kappa shape index (κ3) is 6.22. The van der Waals surface area contributed by atoms with E-state index in [0.29, 0.717) is 18.0 Å². The average molecular weight is 285 g/mol. The molecule has 1 rings (SSSR count). The molecule has 5 nitrogen and oxygen atoms in total. The molecule has 3 N–H and O–H groups in total. The number of hydrogen-bond acceptors (Lipinski definition) is 3. The smallest absolute Gasteiger partial charge is 0.320 e. The van der Waals surface area contributed by atoms with E-state index in [1.54, 1.807) is 6.07 Å². The summed E-state index contributed by atoms with van der Waals surface area (Å²) in [5, 5.41) is 14.6. The summed E-state index contributed by atoms with van der Waals surface area (Å²) in [5.74, 6) is -1.21. The quantitative estimate of drug-likeness (QED) is 0.700. The SMILES string of the molecule is C[C@H](NCC(=O)NCCc1cccc(Cl)c1)C(=O)O. The van der Waals surface area contributed by atoms with Crippen LogP contribution in [0.1, 0.15) is 12.5 Å². The highest BCUT2D eigenvalue weighted by molar-refractivity contribution is 6.30. The van der Waals surface area contributed by atoms with E-state index in [-0.39, 0.29) is 12.5 Å². The molecule has 104 valence electrons. The molecule has 1 atom stereocenters. The van der Waals surface area contributed by atoms with Crippen molar-refractivity contribution in [3.05, 3.63) is 34.9 Å². The molecule has 1 aromatic carbocycles. The third-order valence-corrected chi connectivity index (χ3v) is 2.80. The molecule has 0 bridgehead atoms. The van der Waals surface area contributed by atoms with Gasteiger partial charge in [-0.3, -0.25) is 14.9 Å². The third-order valence-electron chi connectivity index (χ3n) is 2.56. The number of halogens is 1. The molecule has 0 spiro atoms. The predicted octanol–water partition coefficient (Wildman–Crippen LogP) is 1.06. The summed E-state index contributed by atoms with van der Waals surface area (Å²) in [7, 11) is 0. The summed E-state index contributed by atoms with van der Waals surface area (Å²) >= 11 is 5.85. The molecule has 0 aliphatic rings. The van der Waals surface area contributed by atoms with Crippen LogP contribution in [0.15, 0.2) is 24.3 Å². The van der Waals surface area contributed by atoms with E-state index in [1.807, 2.05) is 18.2 Å². The Morgan fingerprint density at radius 1 is 1.42 bits per heavy atom. The topological polar surface area (TPSA) is 78.4 Å². The highest BCUT2D eigenvalue weighted by Crippen LogP contribution is 2.10. The van der Waals surface area contributed by atoms with Gasteiger partial charge in [-0.05, 0) is 31.0 Å². The summed E-state index contributed by atoms with van der Waals surface area (Å²) < 4.78 is 0. The van der Waals surface area contributed by atoms with Gasteiger partial charge in [-0.25, -0.2) is 0 Å². The van der Waals surface area contributed by atoms with E-state index in [0.717, 1.165) is 5.56 Å². The van der Waals surface area contributed by atoms with Gasteiger partial charge in [0, 0.05) is 11.6 Å². The zero-order valence-electron chi connectivity index (χ0n) is 10.6. The van der Waals surface area contributed by atoms with Crippen molar-refractivity contribution in [1.29, 1.82) is 0 Å². The average Bonchev–Trinajstić information content (AvgIpc) is 2.36. The molecule has 0 aliphatic heterocycles. The molecule has 0 heterocycles. The van der Waals surface area contributed by atoms with Gasteiger partial charge in [-0.2, -0.15) is 0 Å². The van der Waals surface area contributed by atoms with Gasteiger partial charge in [0.1, 0.15) is 6.04 Å². The van der Waals surface area contributed by atoms with Crippen LogP contribution in [0.4, 0.5) is 0 Å². The fraction of sp³-hybridized carbons (Fsp3) is 0.385. The van der Waals surface area contributed by atoms with Crippen molar-refractivity contribution in [2.45, 2.75) is 19.4 Å². The van der Waals surface area contributed by atoms with Crippen molar-refractivity contribution in [2.75, 3.05) is 13.1 Å². The summed E-state index contributed by atoms with van der Waals surface area (Å²) in [5.41, 5.74) is 1.04. The molecule has 19 heavy (non-hydrogen) atoms. The predicted molar refractivity (Wildman–Crippen MR) is 73.3 cm³/mol. The first kappa shape index (κ1) is 15.5. The monoisotopic (exact) mass is 284 g/mol. The Morgan fingerprint density at radius 2 is 2.16 bits per heavy atom. The van der Waals surface area contributed by atoms with Gasteiger partial charge < -0.3 is 10.4 Å². The normalized spacial score (nSPS) is 11.9. The Bertz CT molecular complexity index is 451. The van der Waals surface area contributed by atoms with Crippen molar-refractivity contribution < 1.29 is 14.7 Å². The second-order valence-electron chi connectivity index (χ2n) is 4.17. The molecule has 0 saturated carbocycles. The molecule has 1 amide bonds. The Kier molecular flexibility index (Phi) is 6.32. The van der Waals surface area contributed by atoms with Crippen LogP contribution in [-0.4, -0.2) is 36.1 Å². The molecule has 1 aromatic rings. The number of nitrogens with one attached hydrogen (secondary N) is 2. The van der Waals surface area contributed by atoms with Gasteiger partial charge >= 0.3 is 5.97 Å². The van der Waals surface area contributed by atoms with Crippen LogP contribution in [0.3, 0.4) is 0 Å². The number of carboxylic acids is 1. The van der Waals surface area contributed by atoms with E-state index < -0.39 is 12.0 Å². The van der Waals surface area contributed by atoms with Gasteiger partial charge in [0.15, 0.2) is 0 Å². The molecule has 0 aliphatic carbocycles. The summed E-state index contributed by atoms with van der Waals surface area (Å²) in [4.78, 5) is 22.0. The number of hydrogen-bond donors (Lipinski definition) is 3. The number of carboxylic acid groups (broad SMARTS) is 1. The zero-order chi connectivity index (χ0) is 14.3. The van der Waals surface area contributed by atoms with Crippen molar-refractivity contribution in [1.82, 2.24) is 10.6 Å². The molecule has 0 aromatic heterocycles. The fourth-order valence-electron chi connectivity index (χ4n) is 1.43. The van der Waals surface area contributed by atoms with Crippen LogP contribution >= 0.6 is 11.6 Å². The largest absolute Gasteiger partial charge is 0.480 e. The molecule has 0 unspecified atom stereocenters. The van der Waals surface area contributed by atoms with Crippen LogP contribution in [-0.2, 0) is 16.0 Å². The van der Waals surface area contributed by atoms with Gasteiger partial charge in [0.2, 0.25) is 5.91 Å². The Labute approximate surface area is 117 Å². The lowest BCUT2D eigenvalue weighted by atomic mass is 10.1. The molecule has 0 radical (unpaired) electrons. The lowest BCUT2D eigenvalue weighted by Crippen LogP contribution is -2.41. The number of rotatable bonds is 7. The second-order valence-corrected chi connectivity index (χ2v) is 4.61. The van der Waals surface area contributed by atoms with Crippen molar-refractivity contribution in [3.63, 3.8) is 0 Å². The zero-order valence-corrected chi connectivity index (χ0v) is 11.4. The van der Waals surface area contributed by atoms with Gasteiger partial charge in [0.25, 0.3) is 0 Å².